The Morgan fingerprint density at radius 2 is 2.04 bits per heavy atom. The lowest BCUT2D eigenvalue weighted by Gasteiger charge is -2.21. The lowest BCUT2D eigenvalue weighted by atomic mass is 10.1. The lowest BCUT2D eigenvalue weighted by Crippen LogP contribution is -2.36. The van der Waals surface area contributed by atoms with Crippen LogP contribution in [0.15, 0.2) is 35.0 Å². The van der Waals surface area contributed by atoms with Crippen LogP contribution in [0.3, 0.4) is 0 Å². The standard InChI is InChI=1S/C19H24N4O3/c1-19(2,3)25-18(24)21-10-11-23(5)13-15-12-22-26-17(15)14-6-8-16(20-4)9-7-14/h6-9,12H,10-11,13H2,1-3,5H3,(H,21,24). The van der Waals surface area contributed by atoms with Crippen molar-refractivity contribution in [2.45, 2.75) is 32.9 Å². The smallest absolute Gasteiger partial charge is 0.407 e. The summed E-state index contributed by atoms with van der Waals surface area (Å²) in [7, 11) is 1.95. The number of nitrogens with one attached hydrogen (secondary N) is 1. The number of likely N-dealkylation sites (N-methyl/N-ethyl adjacent to an activating group) is 1. The van der Waals surface area contributed by atoms with E-state index in [0.717, 1.165) is 11.1 Å². The topological polar surface area (TPSA) is 72.0 Å². The normalized spacial score (nSPS) is 11.2. The molecule has 0 radical (unpaired) electrons. The maximum atomic E-state index is 11.7. The average molecular weight is 356 g/mol. The molecule has 0 unspecified atom stereocenters. The summed E-state index contributed by atoms with van der Waals surface area (Å²) in [5.41, 5.74) is 1.90. The van der Waals surface area contributed by atoms with E-state index in [4.69, 9.17) is 15.8 Å². The number of rotatable bonds is 6. The summed E-state index contributed by atoms with van der Waals surface area (Å²) in [6.45, 7) is 14.3. The van der Waals surface area contributed by atoms with Gasteiger partial charge >= 0.3 is 6.09 Å². The van der Waals surface area contributed by atoms with Crippen molar-refractivity contribution in [2.75, 3.05) is 20.1 Å². The van der Waals surface area contributed by atoms with Crippen LogP contribution in [0, 0.1) is 6.57 Å². The molecule has 1 amide bonds. The third-order valence-corrected chi connectivity index (χ3v) is 3.50. The fourth-order valence-electron chi connectivity index (χ4n) is 2.33. The van der Waals surface area contributed by atoms with Gasteiger partial charge in [0.05, 0.1) is 12.8 Å². The molecule has 1 aromatic heterocycles. The highest BCUT2D eigenvalue weighted by Gasteiger charge is 2.16. The van der Waals surface area contributed by atoms with Gasteiger partial charge < -0.3 is 19.5 Å². The largest absolute Gasteiger partial charge is 0.444 e. The van der Waals surface area contributed by atoms with Gasteiger partial charge in [0.15, 0.2) is 11.4 Å². The van der Waals surface area contributed by atoms with Gasteiger partial charge in [-0.05, 0) is 27.8 Å². The van der Waals surface area contributed by atoms with Gasteiger partial charge in [0.25, 0.3) is 0 Å². The molecule has 0 saturated carbocycles. The van der Waals surface area contributed by atoms with Crippen LogP contribution >= 0.6 is 0 Å². The Kier molecular flexibility index (Phi) is 6.36. The minimum Gasteiger partial charge on any atom is -0.444 e. The first-order valence-corrected chi connectivity index (χ1v) is 8.35. The molecule has 2 aromatic rings. The fraction of sp³-hybridized carbons (Fsp3) is 0.421. The number of benzene rings is 1. The Morgan fingerprint density at radius 3 is 2.65 bits per heavy atom. The van der Waals surface area contributed by atoms with E-state index in [1.807, 2.05) is 40.0 Å². The van der Waals surface area contributed by atoms with Crippen LogP contribution in [-0.2, 0) is 11.3 Å². The monoisotopic (exact) mass is 356 g/mol. The molecule has 0 aliphatic heterocycles. The third kappa shape index (κ3) is 5.90. The second-order valence-corrected chi connectivity index (χ2v) is 7.01. The molecule has 7 nitrogen and oxygen atoms in total. The second-order valence-electron chi connectivity index (χ2n) is 7.01. The van der Waals surface area contributed by atoms with Crippen LogP contribution in [0.5, 0.6) is 0 Å². The molecule has 0 aliphatic carbocycles. The molecular formula is C19H24N4O3. The number of alkyl carbamates (subject to hydrolysis) is 1. The Balaban J connectivity index is 1.88. The van der Waals surface area contributed by atoms with Gasteiger partial charge in [-0.1, -0.05) is 29.4 Å². The minimum atomic E-state index is -0.504. The van der Waals surface area contributed by atoms with E-state index >= 15 is 0 Å². The maximum absolute atomic E-state index is 11.7. The molecule has 0 bridgehead atoms. The van der Waals surface area contributed by atoms with Crippen molar-refractivity contribution in [3.63, 3.8) is 0 Å². The van der Waals surface area contributed by atoms with E-state index < -0.39 is 11.7 Å². The molecule has 1 N–H and O–H groups in total. The lowest BCUT2D eigenvalue weighted by molar-refractivity contribution is 0.0523. The van der Waals surface area contributed by atoms with E-state index in [-0.39, 0.29) is 0 Å². The summed E-state index contributed by atoms with van der Waals surface area (Å²) in [4.78, 5) is 17.1. The van der Waals surface area contributed by atoms with Gasteiger partial charge in [-0.3, -0.25) is 0 Å². The van der Waals surface area contributed by atoms with Crippen LogP contribution in [0.1, 0.15) is 26.3 Å². The van der Waals surface area contributed by atoms with Gasteiger partial charge in [0, 0.05) is 30.8 Å². The van der Waals surface area contributed by atoms with E-state index in [9.17, 15) is 4.79 Å². The molecule has 0 aliphatic rings. The zero-order valence-electron chi connectivity index (χ0n) is 15.6. The molecule has 7 heteroatoms. The van der Waals surface area contributed by atoms with Gasteiger partial charge in [-0.15, -0.1) is 0 Å². The number of ether oxygens (including phenoxy) is 1. The molecule has 0 atom stereocenters. The number of hydrogen-bond acceptors (Lipinski definition) is 5. The van der Waals surface area contributed by atoms with Crippen molar-refractivity contribution in [1.82, 2.24) is 15.4 Å². The van der Waals surface area contributed by atoms with Crippen molar-refractivity contribution in [1.29, 1.82) is 0 Å². The Morgan fingerprint density at radius 1 is 1.35 bits per heavy atom. The summed E-state index contributed by atoms with van der Waals surface area (Å²) < 4.78 is 10.6. The number of aromatic nitrogens is 1. The number of carbonyl (C=O) groups excluding carboxylic acids is 1. The molecule has 1 heterocycles. The van der Waals surface area contributed by atoms with E-state index in [1.54, 1.807) is 18.3 Å². The van der Waals surface area contributed by atoms with Crippen molar-refractivity contribution in [3.8, 4) is 11.3 Å². The molecule has 138 valence electrons. The summed E-state index contributed by atoms with van der Waals surface area (Å²) >= 11 is 0. The zero-order valence-corrected chi connectivity index (χ0v) is 15.6. The number of amides is 1. The Labute approximate surface area is 153 Å². The van der Waals surface area contributed by atoms with Gasteiger partial charge in [-0.2, -0.15) is 0 Å². The van der Waals surface area contributed by atoms with Crippen molar-refractivity contribution in [3.05, 3.63) is 47.4 Å². The minimum absolute atomic E-state index is 0.420. The van der Waals surface area contributed by atoms with Gasteiger partial charge in [-0.25, -0.2) is 9.64 Å². The zero-order chi connectivity index (χ0) is 19.2. The maximum Gasteiger partial charge on any atom is 0.407 e. The first kappa shape index (κ1) is 19.5. The van der Waals surface area contributed by atoms with E-state index in [2.05, 4.69) is 20.2 Å². The summed E-state index contributed by atoms with van der Waals surface area (Å²) in [5, 5.41) is 6.63. The van der Waals surface area contributed by atoms with Gasteiger partial charge in [0.2, 0.25) is 0 Å². The number of carbonyl (C=O) groups is 1. The summed E-state index contributed by atoms with van der Waals surface area (Å²) in [5.74, 6) is 0.688. The second kappa shape index (κ2) is 8.50. The van der Waals surface area contributed by atoms with Crippen LogP contribution in [0.25, 0.3) is 16.2 Å². The van der Waals surface area contributed by atoms with Crippen LogP contribution in [-0.4, -0.2) is 41.9 Å². The van der Waals surface area contributed by atoms with Crippen LogP contribution in [0.2, 0.25) is 0 Å². The first-order chi connectivity index (χ1) is 12.3. The van der Waals surface area contributed by atoms with Crippen molar-refractivity contribution >= 4 is 11.8 Å². The van der Waals surface area contributed by atoms with Crippen LogP contribution < -0.4 is 5.32 Å². The summed E-state index contributed by atoms with van der Waals surface area (Å²) in [6, 6.07) is 7.20. The molecule has 1 aromatic carbocycles. The molecular weight excluding hydrogens is 332 g/mol. The fourth-order valence-corrected chi connectivity index (χ4v) is 2.33. The van der Waals surface area contributed by atoms with Crippen molar-refractivity contribution in [2.24, 2.45) is 0 Å². The molecule has 26 heavy (non-hydrogen) atoms. The average Bonchev–Trinajstić information content (AvgIpc) is 3.01. The predicted molar refractivity (Wildman–Crippen MR) is 98.8 cm³/mol. The van der Waals surface area contributed by atoms with E-state index in [0.29, 0.717) is 31.1 Å². The Hall–Kier alpha value is -2.85. The SMILES string of the molecule is [C-]#[N+]c1ccc(-c2oncc2CN(C)CCNC(=O)OC(C)(C)C)cc1. The first-order valence-electron chi connectivity index (χ1n) is 8.35. The third-order valence-electron chi connectivity index (χ3n) is 3.50. The molecule has 2 rings (SSSR count). The summed E-state index contributed by atoms with van der Waals surface area (Å²) in [6.07, 6.45) is 1.27. The number of nitrogens with zero attached hydrogens (tertiary/aromatic N) is 3. The van der Waals surface area contributed by atoms with E-state index in [1.165, 1.54) is 0 Å². The molecule has 0 fully saturated rings. The highest BCUT2D eigenvalue weighted by molar-refractivity contribution is 5.67. The van der Waals surface area contributed by atoms with Crippen molar-refractivity contribution < 1.29 is 14.1 Å². The Bertz CT molecular complexity index is 769. The van der Waals surface area contributed by atoms with Crippen LogP contribution in [0.4, 0.5) is 10.5 Å². The molecule has 0 saturated heterocycles. The molecule has 0 spiro atoms. The highest BCUT2D eigenvalue weighted by Crippen LogP contribution is 2.26. The highest BCUT2D eigenvalue weighted by atomic mass is 16.6. The quantitative estimate of drug-likeness (QED) is 0.796. The number of hydrogen-bond donors (Lipinski definition) is 1. The predicted octanol–water partition coefficient (Wildman–Crippen LogP) is 3.85. The van der Waals surface area contributed by atoms with Gasteiger partial charge in [0.1, 0.15) is 5.60 Å².